The number of aryl methyl sites for hydroxylation is 1. The molecule has 4 rings (SSSR count). The van der Waals surface area contributed by atoms with E-state index < -0.39 is 0 Å². The van der Waals surface area contributed by atoms with Crippen molar-refractivity contribution in [2.24, 2.45) is 5.92 Å². The first-order valence-corrected chi connectivity index (χ1v) is 9.47. The highest BCUT2D eigenvalue weighted by molar-refractivity contribution is 7.22. The SMILES string of the molecule is Cc1ccc2nc(N3CC(C(=O)NC4CCOCC4)CC3=O)sc2c1. The Morgan fingerprint density at radius 2 is 2.16 bits per heavy atom. The maximum absolute atomic E-state index is 12.5. The van der Waals surface area contributed by atoms with Gasteiger partial charge in [0.05, 0.1) is 16.1 Å². The van der Waals surface area contributed by atoms with Crippen molar-refractivity contribution < 1.29 is 14.3 Å². The molecule has 2 amide bonds. The lowest BCUT2D eigenvalue weighted by Gasteiger charge is -2.24. The molecule has 2 saturated heterocycles. The molecule has 0 aliphatic carbocycles. The van der Waals surface area contributed by atoms with Crippen LogP contribution in [0.2, 0.25) is 0 Å². The Morgan fingerprint density at radius 3 is 2.96 bits per heavy atom. The van der Waals surface area contributed by atoms with Crippen LogP contribution in [0.4, 0.5) is 5.13 Å². The minimum atomic E-state index is -0.302. The highest BCUT2D eigenvalue weighted by Crippen LogP contribution is 2.33. The van der Waals surface area contributed by atoms with Crippen molar-refractivity contribution in [1.29, 1.82) is 0 Å². The number of rotatable bonds is 3. The van der Waals surface area contributed by atoms with Crippen LogP contribution in [0.3, 0.4) is 0 Å². The van der Waals surface area contributed by atoms with Gasteiger partial charge < -0.3 is 10.1 Å². The van der Waals surface area contributed by atoms with Gasteiger partial charge in [0.15, 0.2) is 5.13 Å². The molecule has 6 nitrogen and oxygen atoms in total. The number of anilines is 1. The highest BCUT2D eigenvalue weighted by Gasteiger charge is 2.37. The maximum Gasteiger partial charge on any atom is 0.229 e. The van der Waals surface area contributed by atoms with Gasteiger partial charge in [-0.2, -0.15) is 0 Å². The second kappa shape index (κ2) is 6.72. The molecular weight excluding hydrogens is 338 g/mol. The minimum absolute atomic E-state index is 0.0251. The van der Waals surface area contributed by atoms with Gasteiger partial charge in [0.1, 0.15) is 0 Å². The standard InChI is InChI=1S/C18H21N3O3S/c1-11-2-3-14-15(8-11)25-18(20-14)21-10-12(9-16(21)22)17(23)19-13-4-6-24-7-5-13/h2-3,8,12-13H,4-7,9-10H2,1H3,(H,19,23). The van der Waals surface area contributed by atoms with Crippen LogP contribution in [-0.4, -0.2) is 42.6 Å². The first-order chi connectivity index (χ1) is 12.1. The summed E-state index contributed by atoms with van der Waals surface area (Å²) in [6, 6.07) is 6.23. The van der Waals surface area contributed by atoms with Gasteiger partial charge in [0.25, 0.3) is 0 Å². The molecule has 1 N–H and O–H groups in total. The van der Waals surface area contributed by atoms with Crippen LogP contribution in [0.15, 0.2) is 18.2 Å². The predicted octanol–water partition coefficient (Wildman–Crippen LogP) is 2.25. The van der Waals surface area contributed by atoms with Gasteiger partial charge in [0, 0.05) is 32.2 Å². The molecule has 1 unspecified atom stereocenters. The molecule has 25 heavy (non-hydrogen) atoms. The van der Waals surface area contributed by atoms with Gasteiger partial charge in [-0.15, -0.1) is 0 Å². The van der Waals surface area contributed by atoms with E-state index in [1.165, 1.54) is 16.9 Å². The van der Waals surface area contributed by atoms with E-state index in [4.69, 9.17) is 4.74 Å². The first-order valence-electron chi connectivity index (χ1n) is 8.66. The first kappa shape index (κ1) is 16.5. The number of nitrogens with zero attached hydrogens (tertiary/aromatic N) is 2. The summed E-state index contributed by atoms with van der Waals surface area (Å²) in [6.07, 6.45) is 1.94. The quantitative estimate of drug-likeness (QED) is 0.912. The number of amides is 2. The summed E-state index contributed by atoms with van der Waals surface area (Å²) in [4.78, 5) is 31.2. The lowest BCUT2D eigenvalue weighted by atomic mass is 10.0. The van der Waals surface area contributed by atoms with Crippen LogP contribution in [0, 0.1) is 12.8 Å². The number of benzene rings is 1. The number of hydrogen-bond acceptors (Lipinski definition) is 5. The topological polar surface area (TPSA) is 71.5 Å². The van der Waals surface area contributed by atoms with E-state index in [9.17, 15) is 9.59 Å². The van der Waals surface area contributed by atoms with Gasteiger partial charge in [-0.1, -0.05) is 17.4 Å². The van der Waals surface area contributed by atoms with Gasteiger partial charge in [-0.3, -0.25) is 14.5 Å². The van der Waals surface area contributed by atoms with Gasteiger partial charge >= 0.3 is 0 Å². The Kier molecular flexibility index (Phi) is 4.43. The normalized spacial score (nSPS) is 21.9. The van der Waals surface area contributed by atoms with Crippen molar-refractivity contribution in [3.8, 4) is 0 Å². The van der Waals surface area contributed by atoms with Crippen LogP contribution in [-0.2, 0) is 14.3 Å². The molecule has 2 aromatic rings. The monoisotopic (exact) mass is 359 g/mol. The lowest BCUT2D eigenvalue weighted by Crippen LogP contribution is -2.42. The van der Waals surface area contributed by atoms with E-state index >= 15 is 0 Å². The predicted molar refractivity (Wildman–Crippen MR) is 96.8 cm³/mol. The molecule has 1 aromatic heterocycles. The fourth-order valence-corrected chi connectivity index (χ4v) is 4.45. The molecular formula is C18H21N3O3S. The van der Waals surface area contributed by atoms with Crippen LogP contribution < -0.4 is 10.2 Å². The van der Waals surface area contributed by atoms with E-state index in [0.29, 0.717) is 24.9 Å². The van der Waals surface area contributed by atoms with Crippen LogP contribution >= 0.6 is 11.3 Å². The summed E-state index contributed by atoms with van der Waals surface area (Å²) in [7, 11) is 0. The Morgan fingerprint density at radius 1 is 1.36 bits per heavy atom. The average molecular weight is 359 g/mol. The molecule has 0 spiro atoms. The Balaban J connectivity index is 1.46. The molecule has 0 bridgehead atoms. The zero-order chi connectivity index (χ0) is 17.4. The molecule has 2 fully saturated rings. The zero-order valence-electron chi connectivity index (χ0n) is 14.2. The van der Waals surface area contributed by atoms with E-state index in [0.717, 1.165) is 23.1 Å². The van der Waals surface area contributed by atoms with Crippen LogP contribution in [0.25, 0.3) is 10.2 Å². The number of fused-ring (bicyclic) bond motifs is 1. The lowest BCUT2D eigenvalue weighted by molar-refractivity contribution is -0.127. The summed E-state index contributed by atoms with van der Waals surface area (Å²) in [5.41, 5.74) is 2.07. The minimum Gasteiger partial charge on any atom is -0.381 e. The third-order valence-electron chi connectivity index (χ3n) is 4.83. The van der Waals surface area contributed by atoms with E-state index in [1.54, 1.807) is 4.90 Å². The Bertz CT molecular complexity index is 813. The van der Waals surface area contributed by atoms with Crippen molar-refractivity contribution in [1.82, 2.24) is 10.3 Å². The third kappa shape index (κ3) is 3.39. The molecule has 1 aromatic carbocycles. The number of ether oxygens (including phenoxy) is 1. The molecule has 0 saturated carbocycles. The second-order valence-electron chi connectivity index (χ2n) is 6.77. The van der Waals surface area contributed by atoms with E-state index in [1.807, 2.05) is 19.1 Å². The molecule has 1 atom stereocenters. The number of nitrogens with one attached hydrogen (secondary N) is 1. The maximum atomic E-state index is 12.5. The number of carbonyl (C=O) groups is 2. The summed E-state index contributed by atoms with van der Waals surface area (Å²) >= 11 is 1.51. The van der Waals surface area contributed by atoms with E-state index in [-0.39, 0.29) is 30.2 Å². The molecule has 2 aliphatic rings. The number of aromatic nitrogens is 1. The number of hydrogen-bond donors (Lipinski definition) is 1. The molecule has 132 valence electrons. The molecule has 3 heterocycles. The summed E-state index contributed by atoms with van der Waals surface area (Å²) in [6.45, 7) is 3.82. The largest absolute Gasteiger partial charge is 0.381 e. The number of carbonyl (C=O) groups excluding carboxylic acids is 2. The third-order valence-corrected chi connectivity index (χ3v) is 5.87. The van der Waals surface area contributed by atoms with Crippen molar-refractivity contribution in [2.75, 3.05) is 24.7 Å². The van der Waals surface area contributed by atoms with Gasteiger partial charge in [0.2, 0.25) is 11.8 Å². The van der Waals surface area contributed by atoms with Gasteiger partial charge in [-0.05, 0) is 37.5 Å². The summed E-state index contributed by atoms with van der Waals surface area (Å²) in [5.74, 6) is -0.355. The van der Waals surface area contributed by atoms with Gasteiger partial charge in [-0.25, -0.2) is 4.98 Å². The van der Waals surface area contributed by atoms with Crippen LogP contribution in [0.1, 0.15) is 24.8 Å². The van der Waals surface area contributed by atoms with Crippen LogP contribution in [0.5, 0.6) is 0 Å². The summed E-state index contributed by atoms with van der Waals surface area (Å²) < 4.78 is 6.38. The van der Waals surface area contributed by atoms with Crippen molar-refractivity contribution in [3.63, 3.8) is 0 Å². The second-order valence-corrected chi connectivity index (χ2v) is 7.78. The Labute approximate surface area is 150 Å². The zero-order valence-corrected chi connectivity index (χ0v) is 15.0. The fourth-order valence-electron chi connectivity index (χ4n) is 3.36. The van der Waals surface area contributed by atoms with E-state index in [2.05, 4.69) is 16.4 Å². The smallest absolute Gasteiger partial charge is 0.229 e. The molecule has 0 radical (unpaired) electrons. The van der Waals surface area contributed by atoms with Crippen molar-refractivity contribution in [2.45, 2.75) is 32.2 Å². The van der Waals surface area contributed by atoms with Crippen molar-refractivity contribution in [3.05, 3.63) is 23.8 Å². The summed E-state index contributed by atoms with van der Waals surface area (Å²) in [5, 5.41) is 3.76. The molecule has 7 heteroatoms. The van der Waals surface area contributed by atoms with Crippen molar-refractivity contribution >= 4 is 38.5 Å². The Hall–Kier alpha value is -1.99. The number of thiazole rings is 1. The highest BCUT2D eigenvalue weighted by atomic mass is 32.1. The fraction of sp³-hybridized carbons (Fsp3) is 0.500. The molecule has 2 aliphatic heterocycles. The average Bonchev–Trinajstić information content (AvgIpc) is 3.18.